The largest absolute Gasteiger partial charge is 0.388 e. The van der Waals surface area contributed by atoms with Gasteiger partial charge in [0.15, 0.2) is 0 Å². The van der Waals surface area contributed by atoms with E-state index in [9.17, 15) is 13.5 Å². The maximum absolute atomic E-state index is 12.2. The molecule has 0 amide bonds. The summed E-state index contributed by atoms with van der Waals surface area (Å²) in [7, 11) is -3.53. The lowest BCUT2D eigenvalue weighted by atomic mass is 9.99. The second-order valence-electron chi connectivity index (χ2n) is 5.33. The Labute approximate surface area is 153 Å². The van der Waals surface area contributed by atoms with E-state index >= 15 is 0 Å². The average molecular weight is 426 g/mol. The van der Waals surface area contributed by atoms with Gasteiger partial charge in [-0.15, -0.1) is 11.3 Å². The summed E-state index contributed by atoms with van der Waals surface area (Å²) >= 11 is 4.41. The van der Waals surface area contributed by atoms with Crippen molar-refractivity contribution in [2.45, 2.75) is 16.7 Å². The minimum absolute atomic E-state index is 0.169. The van der Waals surface area contributed by atoms with Crippen molar-refractivity contribution in [3.8, 4) is 0 Å². The van der Waals surface area contributed by atoms with Crippen molar-refractivity contribution in [2.75, 3.05) is 6.54 Å². The molecule has 1 aromatic heterocycles. The third-order valence-corrected chi connectivity index (χ3v) is 7.28. The second-order valence-corrected chi connectivity index (χ2v) is 9.79. The van der Waals surface area contributed by atoms with Crippen LogP contribution in [0.5, 0.6) is 0 Å². The van der Waals surface area contributed by atoms with Gasteiger partial charge >= 0.3 is 0 Å². The van der Waals surface area contributed by atoms with E-state index in [4.69, 9.17) is 0 Å². The summed E-state index contributed by atoms with van der Waals surface area (Å²) in [5.74, 6) is 0. The fourth-order valence-corrected chi connectivity index (χ4v) is 5.64. The number of thiophene rings is 1. The monoisotopic (exact) mass is 425 g/mol. The predicted molar refractivity (Wildman–Crippen MR) is 101 cm³/mol. The highest BCUT2D eigenvalue weighted by Gasteiger charge is 2.17. The maximum Gasteiger partial charge on any atom is 0.250 e. The standard InChI is InChI=1S/C17H16BrNO3S2/c18-16-8-9-17(23-16)24(21,22)19-11-10-15(20)14-7-3-5-12-4-1-2-6-13(12)14/h1-9,15,19-20H,10-11H2. The van der Waals surface area contributed by atoms with Crippen LogP contribution in [0.2, 0.25) is 0 Å². The predicted octanol–water partition coefficient (Wildman–Crippen LogP) is 4.07. The van der Waals surface area contributed by atoms with Crippen molar-refractivity contribution in [1.82, 2.24) is 4.72 Å². The molecule has 0 radical (unpaired) electrons. The zero-order valence-electron chi connectivity index (χ0n) is 12.6. The van der Waals surface area contributed by atoms with Gasteiger partial charge in [-0.3, -0.25) is 0 Å². The molecule has 1 heterocycles. The van der Waals surface area contributed by atoms with Crippen LogP contribution in [0.1, 0.15) is 18.1 Å². The molecule has 0 saturated heterocycles. The third-order valence-electron chi connectivity index (χ3n) is 3.71. The Balaban J connectivity index is 1.68. The first-order valence-corrected chi connectivity index (χ1v) is 10.5. The van der Waals surface area contributed by atoms with Crippen LogP contribution in [0.3, 0.4) is 0 Å². The van der Waals surface area contributed by atoms with Crippen LogP contribution in [0.4, 0.5) is 0 Å². The van der Waals surface area contributed by atoms with Gasteiger partial charge in [0.25, 0.3) is 0 Å². The van der Waals surface area contributed by atoms with E-state index in [0.29, 0.717) is 6.42 Å². The first kappa shape index (κ1) is 17.6. The Morgan fingerprint density at radius 3 is 2.58 bits per heavy atom. The van der Waals surface area contributed by atoms with Crippen molar-refractivity contribution in [3.05, 3.63) is 63.9 Å². The molecule has 1 unspecified atom stereocenters. The van der Waals surface area contributed by atoms with Crippen LogP contribution in [-0.2, 0) is 10.0 Å². The molecule has 7 heteroatoms. The van der Waals surface area contributed by atoms with E-state index in [1.807, 2.05) is 42.5 Å². The summed E-state index contributed by atoms with van der Waals surface area (Å²) in [6.07, 6.45) is -0.423. The molecule has 3 rings (SSSR count). The van der Waals surface area contributed by atoms with Crippen LogP contribution < -0.4 is 4.72 Å². The van der Waals surface area contributed by atoms with E-state index < -0.39 is 16.1 Å². The molecule has 126 valence electrons. The maximum atomic E-state index is 12.2. The lowest BCUT2D eigenvalue weighted by Gasteiger charge is -2.14. The topological polar surface area (TPSA) is 66.4 Å². The van der Waals surface area contributed by atoms with Gasteiger partial charge in [0.1, 0.15) is 4.21 Å². The smallest absolute Gasteiger partial charge is 0.250 e. The minimum atomic E-state index is -3.53. The number of aliphatic hydroxyl groups is 1. The van der Waals surface area contributed by atoms with Crippen LogP contribution in [0, 0.1) is 0 Å². The van der Waals surface area contributed by atoms with E-state index in [-0.39, 0.29) is 10.8 Å². The number of nitrogens with one attached hydrogen (secondary N) is 1. The summed E-state index contributed by atoms with van der Waals surface area (Å²) in [6.45, 7) is 0.169. The lowest BCUT2D eigenvalue weighted by Crippen LogP contribution is -2.25. The van der Waals surface area contributed by atoms with Gasteiger partial charge in [-0.2, -0.15) is 0 Å². The van der Waals surface area contributed by atoms with Crippen LogP contribution in [0.25, 0.3) is 10.8 Å². The van der Waals surface area contributed by atoms with Crippen LogP contribution in [0.15, 0.2) is 62.6 Å². The Morgan fingerprint density at radius 2 is 1.83 bits per heavy atom. The zero-order valence-corrected chi connectivity index (χ0v) is 15.9. The van der Waals surface area contributed by atoms with Gasteiger partial charge < -0.3 is 5.11 Å². The number of halogens is 1. The van der Waals surface area contributed by atoms with Crippen molar-refractivity contribution in [2.24, 2.45) is 0 Å². The zero-order chi connectivity index (χ0) is 17.2. The molecule has 0 saturated carbocycles. The summed E-state index contributed by atoms with van der Waals surface area (Å²) < 4.78 is 27.9. The summed E-state index contributed by atoms with van der Waals surface area (Å²) in [5.41, 5.74) is 0.811. The minimum Gasteiger partial charge on any atom is -0.388 e. The van der Waals surface area contributed by atoms with Crippen molar-refractivity contribution < 1.29 is 13.5 Å². The third kappa shape index (κ3) is 3.87. The fraction of sp³-hybridized carbons (Fsp3) is 0.176. The number of benzene rings is 2. The Hall–Kier alpha value is -1.25. The van der Waals surface area contributed by atoms with Crippen LogP contribution >= 0.6 is 27.3 Å². The number of hydrogen-bond acceptors (Lipinski definition) is 4. The molecule has 0 spiro atoms. The van der Waals surface area contributed by atoms with Crippen molar-refractivity contribution in [3.63, 3.8) is 0 Å². The van der Waals surface area contributed by atoms with Gasteiger partial charge in [0, 0.05) is 6.54 Å². The number of fused-ring (bicyclic) bond motifs is 1. The van der Waals surface area contributed by atoms with Crippen molar-refractivity contribution >= 4 is 48.1 Å². The Kier molecular flexibility index (Phi) is 5.36. The molecule has 3 aromatic rings. The summed E-state index contributed by atoms with van der Waals surface area (Å²) in [4.78, 5) is 0. The normalized spacial score (nSPS) is 13.2. The van der Waals surface area contributed by atoms with E-state index in [1.54, 1.807) is 12.1 Å². The molecular weight excluding hydrogens is 410 g/mol. The molecule has 2 N–H and O–H groups in total. The van der Waals surface area contributed by atoms with Crippen LogP contribution in [-0.4, -0.2) is 20.1 Å². The SMILES string of the molecule is O=S(=O)(NCCC(O)c1cccc2ccccc12)c1ccc(Br)s1. The quantitative estimate of drug-likeness (QED) is 0.625. The fourth-order valence-electron chi connectivity index (χ4n) is 2.54. The number of aliphatic hydroxyl groups excluding tert-OH is 1. The Bertz CT molecular complexity index is 948. The molecule has 0 aliphatic carbocycles. The average Bonchev–Trinajstić information content (AvgIpc) is 3.01. The molecule has 4 nitrogen and oxygen atoms in total. The molecule has 0 aliphatic rings. The molecular formula is C17H16BrNO3S2. The second kappa shape index (κ2) is 7.33. The molecule has 0 aliphatic heterocycles. The molecule has 0 fully saturated rings. The van der Waals surface area contributed by atoms with E-state index in [1.165, 1.54) is 0 Å². The van der Waals surface area contributed by atoms with Gasteiger partial charge in [-0.1, -0.05) is 42.5 Å². The highest BCUT2D eigenvalue weighted by atomic mass is 79.9. The Morgan fingerprint density at radius 1 is 1.08 bits per heavy atom. The lowest BCUT2D eigenvalue weighted by molar-refractivity contribution is 0.170. The summed E-state index contributed by atoms with van der Waals surface area (Å²) in [5, 5.41) is 12.5. The highest BCUT2D eigenvalue weighted by Crippen LogP contribution is 2.27. The van der Waals surface area contributed by atoms with E-state index in [2.05, 4.69) is 20.7 Å². The first-order valence-electron chi connectivity index (χ1n) is 7.38. The molecule has 1 atom stereocenters. The first-order chi connectivity index (χ1) is 11.5. The van der Waals surface area contributed by atoms with E-state index in [0.717, 1.165) is 31.5 Å². The van der Waals surface area contributed by atoms with Gasteiger partial charge in [0.2, 0.25) is 10.0 Å². The number of hydrogen-bond donors (Lipinski definition) is 2. The van der Waals surface area contributed by atoms with Gasteiger partial charge in [-0.25, -0.2) is 13.1 Å². The van der Waals surface area contributed by atoms with Crippen molar-refractivity contribution in [1.29, 1.82) is 0 Å². The summed E-state index contributed by atoms with van der Waals surface area (Å²) in [6, 6.07) is 16.8. The number of rotatable bonds is 6. The molecule has 2 aromatic carbocycles. The molecule has 0 bridgehead atoms. The van der Waals surface area contributed by atoms with Gasteiger partial charge in [-0.05, 0) is 50.8 Å². The number of sulfonamides is 1. The molecule has 24 heavy (non-hydrogen) atoms. The highest BCUT2D eigenvalue weighted by molar-refractivity contribution is 9.11. The van der Waals surface area contributed by atoms with Gasteiger partial charge in [0.05, 0.1) is 9.89 Å².